The van der Waals surface area contributed by atoms with Gasteiger partial charge in [0.05, 0.1) is 20.8 Å². The molecule has 1 atom stereocenters. The molecule has 0 aromatic heterocycles. The summed E-state index contributed by atoms with van der Waals surface area (Å²) in [6, 6.07) is 14.1. The summed E-state index contributed by atoms with van der Waals surface area (Å²) in [5.74, 6) is 1.57. The third kappa shape index (κ3) is 3.53. The number of hydrogen-bond donors (Lipinski definition) is 0. The van der Waals surface area contributed by atoms with Crippen LogP contribution in [0.2, 0.25) is 0 Å². The Hall–Kier alpha value is -2.53. The van der Waals surface area contributed by atoms with E-state index < -0.39 is 0 Å². The fourth-order valence-electron chi connectivity index (χ4n) is 3.50. The maximum Gasteiger partial charge on any atom is 0.241 e. The van der Waals surface area contributed by atoms with Crippen molar-refractivity contribution in [2.24, 2.45) is 0 Å². The van der Waals surface area contributed by atoms with Crippen molar-refractivity contribution in [1.29, 1.82) is 0 Å². The number of aryl methyl sites for hydroxylation is 1. The van der Waals surface area contributed by atoms with E-state index in [0.29, 0.717) is 25.4 Å². The van der Waals surface area contributed by atoms with Gasteiger partial charge < -0.3 is 14.4 Å². The molecule has 1 saturated heterocycles. The Kier molecular flexibility index (Phi) is 5.47. The molecule has 0 radical (unpaired) electrons. The van der Waals surface area contributed by atoms with Gasteiger partial charge in [-0.15, -0.1) is 0 Å². The molecular weight excluding hydrogens is 328 g/mol. The summed E-state index contributed by atoms with van der Waals surface area (Å²) in [6.45, 7) is 5.91. The maximum absolute atomic E-state index is 12.8. The first kappa shape index (κ1) is 18.3. The lowest BCUT2D eigenvalue weighted by Crippen LogP contribution is -2.55. The van der Waals surface area contributed by atoms with E-state index in [1.165, 1.54) is 0 Å². The van der Waals surface area contributed by atoms with Crippen LogP contribution in [0, 0.1) is 6.92 Å². The summed E-state index contributed by atoms with van der Waals surface area (Å²) in [5, 5.41) is 0. The van der Waals surface area contributed by atoms with Gasteiger partial charge in [-0.25, -0.2) is 0 Å². The predicted octanol–water partition coefficient (Wildman–Crippen LogP) is 3.25. The lowest BCUT2D eigenvalue weighted by molar-refractivity contribution is -0.122. The first-order valence-corrected chi connectivity index (χ1v) is 8.85. The quantitative estimate of drug-likeness (QED) is 0.827. The van der Waals surface area contributed by atoms with Crippen molar-refractivity contribution in [3.63, 3.8) is 0 Å². The molecule has 5 heteroatoms. The summed E-state index contributed by atoms with van der Waals surface area (Å²) < 4.78 is 10.9. The fraction of sp³-hybridized carbons (Fsp3) is 0.381. The van der Waals surface area contributed by atoms with Crippen LogP contribution >= 0.6 is 0 Å². The third-order valence-electron chi connectivity index (χ3n) is 4.97. The Morgan fingerprint density at radius 2 is 1.85 bits per heavy atom. The van der Waals surface area contributed by atoms with Gasteiger partial charge in [0.25, 0.3) is 0 Å². The highest BCUT2D eigenvalue weighted by Gasteiger charge is 2.31. The first-order valence-electron chi connectivity index (χ1n) is 8.85. The van der Waals surface area contributed by atoms with E-state index in [4.69, 9.17) is 9.47 Å². The molecule has 1 amide bonds. The molecule has 2 aromatic rings. The van der Waals surface area contributed by atoms with Gasteiger partial charge in [0.1, 0.15) is 0 Å². The molecular formula is C21H26N2O3. The van der Waals surface area contributed by atoms with Crippen molar-refractivity contribution in [3.05, 3.63) is 53.6 Å². The van der Waals surface area contributed by atoms with Crippen LogP contribution in [-0.4, -0.2) is 44.2 Å². The molecule has 0 aliphatic carbocycles. The lowest BCUT2D eigenvalue weighted by Gasteiger charge is -2.40. The molecule has 0 N–H and O–H groups in total. The largest absolute Gasteiger partial charge is 0.493 e. The molecule has 138 valence electrons. The average Bonchev–Trinajstić information content (AvgIpc) is 2.64. The van der Waals surface area contributed by atoms with Crippen molar-refractivity contribution in [1.82, 2.24) is 4.90 Å². The minimum atomic E-state index is 0.124. The Bertz CT molecular complexity index is 791. The van der Waals surface area contributed by atoms with Crippen LogP contribution in [0.4, 0.5) is 5.69 Å². The summed E-state index contributed by atoms with van der Waals surface area (Å²) >= 11 is 0. The molecule has 0 bridgehead atoms. The maximum atomic E-state index is 12.8. The average molecular weight is 354 g/mol. The van der Waals surface area contributed by atoms with Crippen molar-refractivity contribution in [2.75, 3.05) is 32.2 Å². The molecule has 1 fully saturated rings. The van der Waals surface area contributed by atoms with Crippen molar-refractivity contribution >= 4 is 11.6 Å². The molecule has 0 spiro atoms. The highest BCUT2D eigenvalue weighted by molar-refractivity contribution is 5.96. The number of anilines is 1. The summed E-state index contributed by atoms with van der Waals surface area (Å²) in [7, 11) is 3.28. The van der Waals surface area contributed by atoms with Crippen LogP contribution in [0.3, 0.4) is 0 Å². The summed E-state index contributed by atoms with van der Waals surface area (Å²) in [4.78, 5) is 16.9. The van der Waals surface area contributed by atoms with E-state index in [-0.39, 0.29) is 11.9 Å². The number of methoxy groups -OCH3 is 2. The number of rotatable bonds is 5. The zero-order valence-corrected chi connectivity index (χ0v) is 15.9. The molecule has 2 aromatic carbocycles. The van der Waals surface area contributed by atoms with Gasteiger partial charge in [-0.2, -0.15) is 0 Å². The SMILES string of the molecule is COc1cccc(CN2CC(=O)N(c3ccccc3C)C[C@H]2C)c1OC. The van der Waals surface area contributed by atoms with Gasteiger partial charge in [-0.05, 0) is 31.5 Å². The second kappa shape index (κ2) is 7.79. The van der Waals surface area contributed by atoms with E-state index in [1.54, 1.807) is 14.2 Å². The van der Waals surface area contributed by atoms with Crippen LogP contribution in [0.15, 0.2) is 42.5 Å². The highest BCUT2D eigenvalue weighted by Crippen LogP contribution is 2.32. The van der Waals surface area contributed by atoms with Gasteiger partial charge in [0.2, 0.25) is 5.91 Å². The molecule has 1 aliphatic rings. The van der Waals surface area contributed by atoms with Gasteiger partial charge in [0.15, 0.2) is 11.5 Å². The molecule has 0 saturated carbocycles. The Labute approximate surface area is 155 Å². The summed E-state index contributed by atoms with van der Waals surface area (Å²) in [5.41, 5.74) is 3.15. The Morgan fingerprint density at radius 1 is 1.08 bits per heavy atom. The van der Waals surface area contributed by atoms with Crippen LogP contribution < -0.4 is 14.4 Å². The Balaban J connectivity index is 1.79. The molecule has 1 heterocycles. The number of amides is 1. The van der Waals surface area contributed by atoms with Crippen LogP contribution in [0.25, 0.3) is 0 Å². The third-order valence-corrected chi connectivity index (χ3v) is 4.97. The monoisotopic (exact) mass is 354 g/mol. The topological polar surface area (TPSA) is 42.0 Å². The minimum absolute atomic E-state index is 0.124. The number of carbonyl (C=O) groups is 1. The van der Waals surface area contributed by atoms with Crippen molar-refractivity contribution in [3.8, 4) is 11.5 Å². The lowest BCUT2D eigenvalue weighted by atomic mass is 10.1. The normalized spacial score (nSPS) is 18.1. The van der Waals surface area contributed by atoms with Crippen LogP contribution in [0.5, 0.6) is 11.5 Å². The summed E-state index contributed by atoms with van der Waals surface area (Å²) in [6.07, 6.45) is 0. The number of ether oxygens (including phenoxy) is 2. The molecule has 0 unspecified atom stereocenters. The number of hydrogen-bond acceptors (Lipinski definition) is 4. The zero-order chi connectivity index (χ0) is 18.7. The Morgan fingerprint density at radius 3 is 2.54 bits per heavy atom. The van der Waals surface area contributed by atoms with Crippen LogP contribution in [-0.2, 0) is 11.3 Å². The van der Waals surface area contributed by atoms with Gasteiger partial charge in [-0.1, -0.05) is 30.3 Å². The first-order chi connectivity index (χ1) is 12.5. The predicted molar refractivity (Wildman–Crippen MR) is 103 cm³/mol. The molecule has 3 rings (SSSR count). The highest BCUT2D eigenvalue weighted by atomic mass is 16.5. The van der Waals surface area contributed by atoms with Crippen molar-refractivity contribution in [2.45, 2.75) is 26.4 Å². The number of carbonyl (C=O) groups excluding carboxylic acids is 1. The number of benzene rings is 2. The van der Waals surface area contributed by atoms with E-state index in [2.05, 4.69) is 11.8 Å². The second-order valence-corrected chi connectivity index (χ2v) is 6.70. The molecule has 26 heavy (non-hydrogen) atoms. The minimum Gasteiger partial charge on any atom is -0.493 e. The van der Waals surface area contributed by atoms with Crippen LogP contribution in [0.1, 0.15) is 18.1 Å². The van der Waals surface area contributed by atoms with E-state index in [0.717, 1.165) is 22.6 Å². The zero-order valence-electron chi connectivity index (χ0n) is 15.9. The van der Waals surface area contributed by atoms with Gasteiger partial charge >= 0.3 is 0 Å². The number of piperazine rings is 1. The van der Waals surface area contributed by atoms with Gasteiger partial charge in [-0.3, -0.25) is 9.69 Å². The molecule has 5 nitrogen and oxygen atoms in total. The smallest absolute Gasteiger partial charge is 0.241 e. The second-order valence-electron chi connectivity index (χ2n) is 6.70. The van der Waals surface area contributed by atoms with Gasteiger partial charge in [0, 0.05) is 30.4 Å². The standard InChI is InChI=1S/C21H26N2O3/c1-15-8-5-6-10-18(15)23-12-16(2)22(14-20(23)24)13-17-9-7-11-19(25-3)21(17)26-4/h5-11,16H,12-14H2,1-4H3/t16-/m1/s1. The van der Waals surface area contributed by atoms with Crippen molar-refractivity contribution < 1.29 is 14.3 Å². The number of nitrogens with zero attached hydrogens (tertiary/aromatic N) is 2. The molecule has 1 aliphatic heterocycles. The van der Waals surface area contributed by atoms with E-state index in [9.17, 15) is 4.79 Å². The van der Waals surface area contributed by atoms with E-state index >= 15 is 0 Å². The fourth-order valence-corrected chi connectivity index (χ4v) is 3.50. The van der Waals surface area contributed by atoms with E-state index in [1.807, 2.05) is 54.3 Å². The number of para-hydroxylation sites is 2.